The number of nitrogens with one attached hydrogen (secondary N) is 2. The zero-order valence-corrected chi connectivity index (χ0v) is 14.6. The first kappa shape index (κ1) is 18.7. The standard InChI is InChI=1S/C20H17N3O5/c24-16-8-14(9-17(25)18(16)26)19(27)22-10-12-3-5-15(6-4-12)23-20(28)13-2-1-7-21-11-13/h1-9,11,24-26H,10H2,(H,22,27)(H,23,28). The van der Waals surface area contributed by atoms with Crippen LogP contribution in [0.25, 0.3) is 0 Å². The van der Waals surface area contributed by atoms with Crippen LogP contribution in [-0.4, -0.2) is 32.1 Å². The highest BCUT2D eigenvalue weighted by molar-refractivity contribution is 6.04. The molecule has 0 atom stereocenters. The van der Waals surface area contributed by atoms with Crippen molar-refractivity contribution in [3.05, 3.63) is 77.6 Å². The highest BCUT2D eigenvalue weighted by Gasteiger charge is 2.13. The van der Waals surface area contributed by atoms with E-state index in [4.69, 9.17) is 0 Å². The smallest absolute Gasteiger partial charge is 0.257 e. The van der Waals surface area contributed by atoms with Gasteiger partial charge in [0.2, 0.25) is 0 Å². The van der Waals surface area contributed by atoms with Gasteiger partial charge >= 0.3 is 0 Å². The molecule has 0 radical (unpaired) electrons. The van der Waals surface area contributed by atoms with Gasteiger partial charge in [0.25, 0.3) is 11.8 Å². The minimum absolute atomic E-state index is 0.00755. The number of nitrogens with zero attached hydrogens (tertiary/aromatic N) is 1. The van der Waals surface area contributed by atoms with Crippen molar-refractivity contribution in [2.75, 3.05) is 5.32 Å². The zero-order valence-electron chi connectivity index (χ0n) is 14.6. The van der Waals surface area contributed by atoms with Crippen molar-refractivity contribution in [3.8, 4) is 17.2 Å². The zero-order chi connectivity index (χ0) is 20.1. The molecule has 0 fully saturated rings. The lowest BCUT2D eigenvalue weighted by atomic mass is 10.1. The molecular formula is C20H17N3O5. The quantitative estimate of drug-likeness (QED) is 0.433. The topological polar surface area (TPSA) is 132 Å². The number of aromatic hydroxyl groups is 3. The Balaban J connectivity index is 1.59. The SMILES string of the molecule is O=C(NCc1ccc(NC(=O)c2cccnc2)cc1)c1cc(O)c(O)c(O)c1. The molecule has 28 heavy (non-hydrogen) atoms. The minimum Gasteiger partial charge on any atom is -0.504 e. The number of hydrogen-bond donors (Lipinski definition) is 5. The number of phenols is 3. The molecule has 5 N–H and O–H groups in total. The number of benzene rings is 2. The molecule has 0 saturated heterocycles. The number of phenolic OH excluding ortho intramolecular Hbond substituents is 3. The van der Waals surface area contributed by atoms with E-state index in [2.05, 4.69) is 15.6 Å². The lowest BCUT2D eigenvalue weighted by Crippen LogP contribution is -2.22. The monoisotopic (exact) mass is 379 g/mol. The number of rotatable bonds is 5. The maximum absolute atomic E-state index is 12.1. The number of carbonyl (C=O) groups excluding carboxylic acids is 2. The molecule has 142 valence electrons. The van der Waals surface area contributed by atoms with Crippen molar-refractivity contribution in [3.63, 3.8) is 0 Å². The highest BCUT2D eigenvalue weighted by Crippen LogP contribution is 2.35. The van der Waals surface area contributed by atoms with Gasteiger partial charge in [-0.05, 0) is 42.0 Å². The van der Waals surface area contributed by atoms with Crippen LogP contribution in [0.5, 0.6) is 17.2 Å². The first-order valence-electron chi connectivity index (χ1n) is 8.27. The van der Waals surface area contributed by atoms with E-state index in [1.165, 1.54) is 6.20 Å². The predicted molar refractivity (Wildman–Crippen MR) is 101 cm³/mol. The van der Waals surface area contributed by atoms with Crippen molar-refractivity contribution in [1.82, 2.24) is 10.3 Å². The van der Waals surface area contributed by atoms with E-state index in [1.807, 2.05) is 0 Å². The molecular weight excluding hydrogens is 362 g/mol. The predicted octanol–water partition coefficient (Wildman–Crippen LogP) is 2.38. The van der Waals surface area contributed by atoms with Crippen LogP contribution in [0.1, 0.15) is 26.3 Å². The molecule has 8 nitrogen and oxygen atoms in total. The van der Waals surface area contributed by atoms with Gasteiger partial charge < -0.3 is 26.0 Å². The summed E-state index contributed by atoms with van der Waals surface area (Å²) in [5, 5.41) is 33.6. The van der Waals surface area contributed by atoms with Crippen LogP contribution in [0.15, 0.2) is 60.9 Å². The van der Waals surface area contributed by atoms with Gasteiger partial charge in [0.1, 0.15) is 0 Å². The molecule has 0 aliphatic rings. The summed E-state index contributed by atoms with van der Waals surface area (Å²) in [5.41, 5.74) is 1.82. The number of anilines is 1. The second-order valence-corrected chi connectivity index (χ2v) is 5.94. The van der Waals surface area contributed by atoms with Crippen LogP contribution >= 0.6 is 0 Å². The fraction of sp³-hybridized carbons (Fsp3) is 0.0500. The molecule has 0 spiro atoms. The molecule has 0 aliphatic carbocycles. The lowest BCUT2D eigenvalue weighted by molar-refractivity contribution is 0.0949. The third kappa shape index (κ3) is 4.36. The number of amides is 2. The van der Waals surface area contributed by atoms with Gasteiger partial charge in [-0.25, -0.2) is 0 Å². The van der Waals surface area contributed by atoms with Crippen LogP contribution < -0.4 is 10.6 Å². The van der Waals surface area contributed by atoms with Crippen LogP contribution in [0, 0.1) is 0 Å². The average molecular weight is 379 g/mol. The van der Waals surface area contributed by atoms with Gasteiger partial charge in [0.15, 0.2) is 17.2 Å². The largest absolute Gasteiger partial charge is 0.504 e. The Bertz CT molecular complexity index is 981. The average Bonchev–Trinajstić information content (AvgIpc) is 2.71. The molecule has 2 aromatic carbocycles. The summed E-state index contributed by atoms with van der Waals surface area (Å²) in [7, 11) is 0. The van der Waals surface area contributed by atoms with Crippen LogP contribution in [0.2, 0.25) is 0 Å². The summed E-state index contributed by atoms with van der Waals surface area (Å²) < 4.78 is 0. The first-order chi connectivity index (χ1) is 13.4. The molecule has 0 bridgehead atoms. The maximum Gasteiger partial charge on any atom is 0.257 e. The van der Waals surface area contributed by atoms with Gasteiger partial charge in [-0.2, -0.15) is 0 Å². The van der Waals surface area contributed by atoms with Crippen molar-refractivity contribution >= 4 is 17.5 Å². The Kier molecular flexibility index (Phi) is 5.40. The number of pyridine rings is 1. The Hall–Kier alpha value is -4.07. The van der Waals surface area contributed by atoms with Gasteiger partial charge in [-0.1, -0.05) is 12.1 Å². The molecule has 8 heteroatoms. The van der Waals surface area contributed by atoms with Crippen molar-refractivity contribution in [1.29, 1.82) is 0 Å². The molecule has 0 saturated carbocycles. The van der Waals surface area contributed by atoms with Gasteiger partial charge in [0.05, 0.1) is 5.56 Å². The maximum atomic E-state index is 12.1. The lowest BCUT2D eigenvalue weighted by Gasteiger charge is -2.09. The summed E-state index contributed by atoms with van der Waals surface area (Å²) in [5.74, 6) is -2.65. The van der Waals surface area contributed by atoms with Crippen LogP contribution in [0.3, 0.4) is 0 Å². The van der Waals surface area contributed by atoms with Crippen molar-refractivity contribution < 1.29 is 24.9 Å². The van der Waals surface area contributed by atoms with Crippen LogP contribution in [-0.2, 0) is 6.54 Å². The van der Waals surface area contributed by atoms with E-state index in [-0.39, 0.29) is 18.0 Å². The summed E-state index contributed by atoms with van der Waals surface area (Å²) in [6.07, 6.45) is 3.05. The van der Waals surface area contributed by atoms with Gasteiger partial charge in [-0.3, -0.25) is 14.6 Å². The summed E-state index contributed by atoms with van der Waals surface area (Å²) >= 11 is 0. The molecule has 0 aliphatic heterocycles. The third-order valence-electron chi connectivity index (χ3n) is 3.92. The summed E-state index contributed by atoms with van der Waals surface area (Å²) in [4.78, 5) is 28.1. The molecule has 0 unspecified atom stereocenters. The van der Waals surface area contributed by atoms with E-state index in [0.29, 0.717) is 11.3 Å². The van der Waals surface area contributed by atoms with Gasteiger partial charge in [0, 0.05) is 30.2 Å². The van der Waals surface area contributed by atoms with Gasteiger partial charge in [-0.15, -0.1) is 0 Å². The van der Waals surface area contributed by atoms with E-state index in [1.54, 1.807) is 42.6 Å². The second kappa shape index (κ2) is 8.09. The summed E-state index contributed by atoms with van der Waals surface area (Å²) in [6, 6.07) is 12.3. The second-order valence-electron chi connectivity index (χ2n) is 5.94. The number of carbonyl (C=O) groups is 2. The minimum atomic E-state index is -0.680. The number of aromatic nitrogens is 1. The fourth-order valence-electron chi connectivity index (χ4n) is 2.43. The Morgan fingerprint density at radius 2 is 1.57 bits per heavy atom. The Morgan fingerprint density at radius 1 is 0.893 bits per heavy atom. The van der Waals surface area contributed by atoms with E-state index >= 15 is 0 Å². The molecule has 2 amide bonds. The first-order valence-corrected chi connectivity index (χ1v) is 8.27. The fourth-order valence-corrected chi connectivity index (χ4v) is 2.43. The molecule has 1 aromatic heterocycles. The number of hydrogen-bond acceptors (Lipinski definition) is 6. The molecule has 1 heterocycles. The van der Waals surface area contributed by atoms with Crippen molar-refractivity contribution in [2.45, 2.75) is 6.54 Å². The Labute approximate surface area is 160 Å². The van der Waals surface area contributed by atoms with Crippen molar-refractivity contribution in [2.24, 2.45) is 0 Å². The van der Waals surface area contributed by atoms with E-state index in [9.17, 15) is 24.9 Å². The van der Waals surface area contributed by atoms with E-state index in [0.717, 1.165) is 17.7 Å². The van der Waals surface area contributed by atoms with E-state index < -0.39 is 23.2 Å². The Morgan fingerprint density at radius 3 is 2.18 bits per heavy atom. The normalized spacial score (nSPS) is 10.3. The molecule has 3 rings (SSSR count). The summed E-state index contributed by atoms with van der Waals surface area (Å²) in [6.45, 7) is 0.193. The van der Waals surface area contributed by atoms with Crippen LogP contribution in [0.4, 0.5) is 5.69 Å². The molecule has 3 aromatic rings. The highest BCUT2D eigenvalue weighted by atomic mass is 16.3. The third-order valence-corrected chi connectivity index (χ3v) is 3.92.